The van der Waals surface area contributed by atoms with Crippen LogP contribution in [0.15, 0.2) is 42.5 Å². The number of hydrogen-bond donors (Lipinski definition) is 1. The van der Waals surface area contributed by atoms with E-state index < -0.39 is 23.7 Å². The summed E-state index contributed by atoms with van der Waals surface area (Å²) in [6.07, 6.45) is -4.33. The summed E-state index contributed by atoms with van der Waals surface area (Å²) in [6, 6.07) is 10.4. The zero-order valence-electron chi connectivity index (χ0n) is 17.9. The van der Waals surface area contributed by atoms with Crippen LogP contribution in [0.5, 0.6) is 0 Å². The number of aryl methyl sites for hydroxylation is 1. The predicted molar refractivity (Wildman–Crippen MR) is 118 cm³/mol. The normalized spacial score (nSPS) is 16.0. The van der Waals surface area contributed by atoms with Crippen molar-refractivity contribution in [2.75, 3.05) is 31.5 Å². The molecule has 0 bridgehead atoms. The van der Waals surface area contributed by atoms with Gasteiger partial charge in [0.05, 0.1) is 23.7 Å². The topological polar surface area (TPSA) is 52.7 Å². The van der Waals surface area contributed by atoms with Gasteiger partial charge in [0.15, 0.2) is 0 Å². The Labute approximate surface area is 190 Å². The van der Waals surface area contributed by atoms with Crippen LogP contribution >= 0.6 is 11.6 Å². The summed E-state index contributed by atoms with van der Waals surface area (Å²) < 4.78 is 39.8. The molecule has 1 N–H and O–H groups in total. The van der Waals surface area contributed by atoms with E-state index in [0.29, 0.717) is 32.6 Å². The van der Waals surface area contributed by atoms with E-state index in [-0.39, 0.29) is 16.6 Å². The van der Waals surface area contributed by atoms with Crippen molar-refractivity contribution in [1.29, 1.82) is 0 Å². The third kappa shape index (κ3) is 6.01. The Morgan fingerprint density at radius 3 is 2.28 bits per heavy atom. The molecule has 1 atom stereocenters. The molecule has 1 aliphatic heterocycles. The van der Waals surface area contributed by atoms with Crippen molar-refractivity contribution in [3.63, 3.8) is 0 Å². The Kier molecular flexibility index (Phi) is 7.46. The van der Waals surface area contributed by atoms with Crippen molar-refractivity contribution >= 4 is 29.1 Å². The third-order valence-corrected chi connectivity index (χ3v) is 5.85. The molecule has 1 fully saturated rings. The number of halogens is 4. The molecule has 3 rings (SSSR count). The van der Waals surface area contributed by atoms with Gasteiger partial charge >= 0.3 is 6.18 Å². The van der Waals surface area contributed by atoms with Crippen LogP contribution in [-0.2, 0) is 22.2 Å². The van der Waals surface area contributed by atoms with Gasteiger partial charge in [-0.05, 0) is 37.6 Å². The summed E-state index contributed by atoms with van der Waals surface area (Å²) in [6.45, 7) is 5.46. The van der Waals surface area contributed by atoms with Crippen LogP contribution < -0.4 is 5.32 Å². The van der Waals surface area contributed by atoms with E-state index in [9.17, 15) is 22.8 Å². The Morgan fingerprint density at radius 2 is 1.69 bits per heavy atom. The monoisotopic (exact) mass is 467 g/mol. The lowest BCUT2D eigenvalue weighted by Crippen LogP contribution is -2.54. The first-order valence-corrected chi connectivity index (χ1v) is 10.7. The van der Waals surface area contributed by atoms with Crippen molar-refractivity contribution < 1.29 is 22.8 Å². The van der Waals surface area contributed by atoms with Gasteiger partial charge in [-0.1, -0.05) is 41.4 Å². The molecule has 1 unspecified atom stereocenters. The number of anilines is 1. The Balaban J connectivity index is 1.56. The zero-order valence-corrected chi connectivity index (χ0v) is 18.6. The second-order valence-corrected chi connectivity index (χ2v) is 8.37. The van der Waals surface area contributed by atoms with Crippen molar-refractivity contribution in [3.8, 4) is 0 Å². The number of rotatable bonds is 5. The fourth-order valence-corrected chi connectivity index (χ4v) is 3.79. The van der Waals surface area contributed by atoms with Crippen LogP contribution in [0.4, 0.5) is 18.9 Å². The fourth-order valence-electron chi connectivity index (χ4n) is 3.61. The van der Waals surface area contributed by atoms with Crippen LogP contribution in [0, 0.1) is 6.92 Å². The highest BCUT2D eigenvalue weighted by molar-refractivity contribution is 6.30. The molecular formula is C23H25ClF3N3O2. The molecule has 172 valence electrons. The first-order chi connectivity index (χ1) is 15.0. The van der Waals surface area contributed by atoms with E-state index in [1.807, 2.05) is 36.1 Å². The summed E-state index contributed by atoms with van der Waals surface area (Å²) >= 11 is 5.69. The minimum atomic E-state index is -4.64. The molecule has 2 aromatic rings. The molecule has 0 aromatic heterocycles. The Hall–Kier alpha value is -2.58. The molecule has 0 saturated carbocycles. The van der Waals surface area contributed by atoms with Gasteiger partial charge < -0.3 is 10.2 Å². The van der Waals surface area contributed by atoms with E-state index in [0.717, 1.165) is 23.3 Å². The van der Waals surface area contributed by atoms with Gasteiger partial charge in [-0.15, -0.1) is 0 Å². The Morgan fingerprint density at radius 1 is 1.06 bits per heavy atom. The van der Waals surface area contributed by atoms with Crippen LogP contribution in [0.1, 0.15) is 23.6 Å². The highest BCUT2D eigenvalue weighted by Crippen LogP contribution is 2.36. The maximum absolute atomic E-state index is 13.3. The maximum Gasteiger partial charge on any atom is 0.418 e. The highest BCUT2D eigenvalue weighted by Gasteiger charge is 2.35. The summed E-state index contributed by atoms with van der Waals surface area (Å²) in [5.74, 6) is -0.529. The first kappa shape index (κ1) is 24.1. The number of benzene rings is 2. The van der Waals surface area contributed by atoms with Gasteiger partial charge in [-0.2, -0.15) is 13.2 Å². The van der Waals surface area contributed by atoms with Gasteiger partial charge in [0.2, 0.25) is 11.8 Å². The lowest BCUT2D eigenvalue weighted by molar-refractivity contribution is -0.137. The number of hydrogen-bond acceptors (Lipinski definition) is 3. The largest absolute Gasteiger partial charge is 0.418 e. The molecular weight excluding hydrogens is 443 g/mol. The quantitative estimate of drug-likeness (QED) is 0.710. The zero-order chi connectivity index (χ0) is 23.5. The van der Waals surface area contributed by atoms with Gasteiger partial charge in [0, 0.05) is 31.2 Å². The molecule has 0 aliphatic carbocycles. The van der Waals surface area contributed by atoms with Crippen LogP contribution in [0.25, 0.3) is 0 Å². The number of nitrogens with one attached hydrogen (secondary N) is 1. The summed E-state index contributed by atoms with van der Waals surface area (Å²) in [5, 5.41) is 2.31. The molecule has 0 radical (unpaired) electrons. The van der Waals surface area contributed by atoms with E-state index in [1.165, 1.54) is 6.07 Å². The third-order valence-electron chi connectivity index (χ3n) is 5.61. The van der Waals surface area contributed by atoms with Crippen molar-refractivity contribution in [2.24, 2.45) is 0 Å². The van der Waals surface area contributed by atoms with E-state index >= 15 is 0 Å². The second-order valence-electron chi connectivity index (χ2n) is 7.93. The maximum atomic E-state index is 13.3. The summed E-state index contributed by atoms with van der Waals surface area (Å²) in [7, 11) is 0. The number of carbonyl (C=O) groups excluding carboxylic acids is 2. The molecule has 32 heavy (non-hydrogen) atoms. The molecule has 2 amide bonds. The molecule has 9 heteroatoms. The predicted octanol–water partition coefficient (Wildman–Crippen LogP) is 4.38. The number of piperazine rings is 1. The van der Waals surface area contributed by atoms with E-state index in [4.69, 9.17) is 11.6 Å². The fraction of sp³-hybridized carbons (Fsp3) is 0.391. The minimum Gasteiger partial charge on any atom is -0.340 e. The second kappa shape index (κ2) is 9.92. The summed E-state index contributed by atoms with van der Waals surface area (Å²) in [4.78, 5) is 28.8. The minimum absolute atomic E-state index is 0.0154. The first-order valence-electron chi connectivity index (χ1n) is 10.3. The van der Waals surface area contributed by atoms with Crippen LogP contribution in [0.2, 0.25) is 5.02 Å². The number of nitrogens with zero attached hydrogens (tertiary/aromatic N) is 2. The highest BCUT2D eigenvalue weighted by atomic mass is 35.5. The van der Waals surface area contributed by atoms with E-state index in [2.05, 4.69) is 5.32 Å². The molecule has 5 nitrogen and oxygen atoms in total. The van der Waals surface area contributed by atoms with Crippen LogP contribution in [0.3, 0.4) is 0 Å². The average molecular weight is 468 g/mol. The molecule has 1 aliphatic rings. The number of carbonyl (C=O) groups is 2. The van der Waals surface area contributed by atoms with Gasteiger partial charge in [0.25, 0.3) is 0 Å². The average Bonchev–Trinajstić information content (AvgIpc) is 2.75. The Bertz CT molecular complexity index is 971. The lowest BCUT2D eigenvalue weighted by Gasteiger charge is -2.37. The molecule has 0 spiro atoms. The van der Waals surface area contributed by atoms with Crippen molar-refractivity contribution in [2.45, 2.75) is 32.5 Å². The molecule has 2 aromatic carbocycles. The van der Waals surface area contributed by atoms with Crippen LogP contribution in [-0.4, -0.2) is 53.8 Å². The van der Waals surface area contributed by atoms with Gasteiger partial charge in [0.1, 0.15) is 0 Å². The van der Waals surface area contributed by atoms with E-state index in [1.54, 1.807) is 11.8 Å². The van der Waals surface area contributed by atoms with Gasteiger partial charge in [-0.25, -0.2) is 0 Å². The number of amides is 2. The van der Waals surface area contributed by atoms with Gasteiger partial charge in [-0.3, -0.25) is 14.5 Å². The SMILES string of the molecule is Cc1ccc(CC(=O)N2CCN(C(C)C(=O)Nc3ccc(Cl)cc3C(F)(F)F)CC2)cc1. The van der Waals surface area contributed by atoms with Crippen molar-refractivity contribution in [3.05, 3.63) is 64.2 Å². The number of alkyl halides is 3. The van der Waals surface area contributed by atoms with Crippen molar-refractivity contribution in [1.82, 2.24) is 9.80 Å². The smallest absolute Gasteiger partial charge is 0.340 e. The summed E-state index contributed by atoms with van der Waals surface area (Å²) in [5.41, 5.74) is 0.755. The molecule has 1 heterocycles. The molecule has 1 saturated heterocycles. The standard InChI is InChI=1S/C23H25ClF3N3O2/c1-15-3-5-17(6-4-15)13-21(31)30-11-9-29(10-12-30)16(2)22(32)28-20-8-7-18(24)14-19(20)23(25,26)27/h3-8,14,16H,9-13H2,1-2H3,(H,28,32). The lowest BCUT2D eigenvalue weighted by atomic mass is 10.1.